The van der Waals surface area contributed by atoms with Gasteiger partial charge in [-0.15, -0.1) is 0 Å². The normalized spacial score (nSPS) is 12.9. The summed E-state index contributed by atoms with van der Waals surface area (Å²) >= 11 is 6.36. The van der Waals surface area contributed by atoms with Gasteiger partial charge in [0.15, 0.2) is 0 Å². The second kappa shape index (κ2) is 10.2. The Morgan fingerprint density at radius 1 is 1.18 bits per heavy atom. The first-order valence-electron chi connectivity index (χ1n) is 11.0. The van der Waals surface area contributed by atoms with Crippen LogP contribution in [-0.4, -0.2) is 42.3 Å². The van der Waals surface area contributed by atoms with Crippen LogP contribution in [-0.2, 0) is 10.0 Å². The van der Waals surface area contributed by atoms with Crippen LogP contribution in [0, 0.1) is 5.92 Å². The minimum Gasteiger partial charge on any atom is -0.489 e. The van der Waals surface area contributed by atoms with Crippen molar-refractivity contribution in [2.24, 2.45) is 5.92 Å². The second-order valence-corrected chi connectivity index (χ2v) is 11.2. The average Bonchev–Trinajstić information content (AvgIpc) is 2.71. The summed E-state index contributed by atoms with van der Waals surface area (Å²) < 4.78 is 31.5. The number of ether oxygens (including phenoxy) is 1. The van der Waals surface area contributed by atoms with Crippen molar-refractivity contribution in [3.8, 4) is 5.75 Å². The van der Waals surface area contributed by atoms with E-state index in [1.54, 1.807) is 31.2 Å². The van der Waals surface area contributed by atoms with E-state index >= 15 is 0 Å². The lowest BCUT2D eigenvalue weighted by Gasteiger charge is -2.23. The van der Waals surface area contributed by atoms with Gasteiger partial charge in [0.1, 0.15) is 11.6 Å². The molecule has 0 saturated carbocycles. The molecule has 3 aromatic rings. The molecule has 0 aliphatic rings. The summed E-state index contributed by atoms with van der Waals surface area (Å²) in [5.41, 5.74) is 0.785. The number of sulfonamides is 1. The molecule has 184 valence electrons. The largest absolute Gasteiger partial charge is 0.489 e. The number of benzene rings is 1. The molecule has 2 aromatic heterocycles. The number of fused-ring (bicyclic) bond motifs is 1. The van der Waals surface area contributed by atoms with Gasteiger partial charge in [0.05, 0.1) is 28.9 Å². The smallest absolute Gasteiger partial charge is 0.253 e. The Hall–Kier alpha value is -2.85. The third-order valence-electron chi connectivity index (χ3n) is 4.93. The number of aromatic amines is 1. The average molecular weight is 508 g/mol. The SMILES string of the molecule is CC(C)CN(c1ccnc(N[C@@H](C)c2cc3cc(Cl)c(OC(C)C)cc3[nH]c2=O)n1)S(C)(=O)=O. The molecule has 0 saturated heterocycles. The lowest BCUT2D eigenvalue weighted by molar-refractivity contribution is 0.243. The van der Waals surface area contributed by atoms with E-state index < -0.39 is 16.1 Å². The summed E-state index contributed by atoms with van der Waals surface area (Å²) in [4.78, 5) is 24.3. The Morgan fingerprint density at radius 2 is 1.88 bits per heavy atom. The van der Waals surface area contributed by atoms with Crippen LogP contribution in [0.5, 0.6) is 5.75 Å². The summed E-state index contributed by atoms with van der Waals surface area (Å²) in [5, 5.41) is 4.29. The predicted molar refractivity (Wildman–Crippen MR) is 136 cm³/mol. The van der Waals surface area contributed by atoms with E-state index in [1.807, 2.05) is 27.7 Å². The van der Waals surface area contributed by atoms with Crippen LogP contribution < -0.4 is 19.9 Å². The predicted octanol–water partition coefficient (Wildman–Crippen LogP) is 4.35. The molecular weight excluding hydrogens is 478 g/mol. The van der Waals surface area contributed by atoms with E-state index in [9.17, 15) is 13.2 Å². The number of hydrogen-bond donors (Lipinski definition) is 2. The van der Waals surface area contributed by atoms with Crippen molar-refractivity contribution >= 4 is 44.3 Å². The maximum Gasteiger partial charge on any atom is 0.253 e. The molecule has 0 unspecified atom stereocenters. The van der Waals surface area contributed by atoms with Crippen LogP contribution in [0.25, 0.3) is 10.9 Å². The molecule has 0 spiro atoms. The van der Waals surface area contributed by atoms with Crippen LogP contribution in [0.2, 0.25) is 5.02 Å². The molecule has 0 amide bonds. The molecule has 0 fully saturated rings. The summed E-state index contributed by atoms with van der Waals surface area (Å²) in [6, 6.07) is 6.28. The maximum atomic E-state index is 12.8. The lowest BCUT2D eigenvalue weighted by Crippen LogP contribution is -2.34. The number of halogens is 1. The number of aromatic nitrogens is 3. The first kappa shape index (κ1) is 25.8. The van der Waals surface area contributed by atoms with Gasteiger partial charge in [0.25, 0.3) is 5.56 Å². The van der Waals surface area contributed by atoms with Crippen molar-refractivity contribution < 1.29 is 13.2 Å². The molecule has 0 bridgehead atoms. The molecule has 9 nitrogen and oxygen atoms in total. The van der Waals surface area contributed by atoms with Gasteiger partial charge >= 0.3 is 0 Å². The van der Waals surface area contributed by atoms with E-state index in [4.69, 9.17) is 16.3 Å². The first-order chi connectivity index (χ1) is 15.8. The number of hydrogen-bond acceptors (Lipinski definition) is 7. The summed E-state index contributed by atoms with van der Waals surface area (Å²) in [6.45, 7) is 9.74. The number of anilines is 2. The summed E-state index contributed by atoms with van der Waals surface area (Å²) in [6.07, 6.45) is 2.57. The van der Waals surface area contributed by atoms with Crippen LogP contribution in [0.15, 0.2) is 35.3 Å². The van der Waals surface area contributed by atoms with E-state index in [1.165, 1.54) is 10.5 Å². The van der Waals surface area contributed by atoms with Crippen LogP contribution >= 0.6 is 11.6 Å². The van der Waals surface area contributed by atoms with Gasteiger partial charge in [0, 0.05) is 35.8 Å². The fraction of sp³-hybridized carbons (Fsp3) is 0.435. The van der Waals surface area contributed by atoms with E-state index in [2.05, 4.69) is 20.3 Å². The van der Waals surface area contributed by atoms with Gasteiger partial charge in [-0.1, -0.05) is 25.4 Å². The Balaban J connectivity index is 1.91. The first-order valence-corrected chi connectivity index (χ1v) is 13.2. The quantitative estimate of drug-likeness (QED) is 0.442. The summed E-state index contributed by atoms with van der Waals surface area (Å²) in [7, 11) is -3.52. The van der Waals surface area contributed by atoms with Crippen molar-refractivity contribution in [3.63, 3.8) is 0 Å². The van der Waals surface area contributed by atoms with Gasteiger partial charge < -0.3 is 15.0 Å². The molecule has 1 atom stereocenters. The third kappa shape index (κ3) is 6.18. The van der Waals surface area contributed by atoms with Crippen molar-refractivity contribution in [1.29, 1.82) is 0 Å². The van der Waals surface area contributed by atoms with Gasteiger partial charge in [-0.3, -0.25) is 9.10 Å². The van der Waals surface area contributed by atoms with Crippen molar-refractivity contribution in [3.05, 3.63) is 51.4 Å². The van der Waals surface area contributed by atoms with E-state index in [0.717, 1.165) is 11.6 Å². The Morgan fingerprint density at radius 3 is 2.50 bits per heavy atom. The molecule has 11 heteroatoms. The van der Waals surface area contributed by atoms with Crippen molar-refractivity contribution in [2.75, 3.05) is 22.4 Å². The van der Waals surface area contributed by atoms with Gasteiger partial charge in [-0.05, 0) is 38.8 Å². The molecule has 0 aliphatic heterocycles. The Bertz CT molecular complexity index is 1340. The Labute approximate surface area is 204 Å². The standard InChI is InChI=1S/C23H30ClN5O4S/c1-13(2)12-29(34(6,31)32)21-7-8-25-23(28-21)26-15(5)17-9-16-10-18(24)20(33-14(3)4)11-19(16)27-22(17)30/h7-11,13-15H,12H2,1-6H3,(H,27,30)(H,25,26,28)/t15-/m0/s1. The maximum absolute atomic E-state index is 12.8. The minimum absolute atomic E-state index is 0.0555. The van der Waals surface area contributed by atoms with Crippen molar-refractivity contribution in [1.82, 2.24) is 15.0 Å². The molecule has 2 heterocycles. The fourth-order valence-electron chi connectivity index (χ4n) is 3.45. The van der Waals surface area contributed by atoms with Gasteiger partial charge in [0.2, 0.25) is 16.0 Å². The highest BCUT2D eigenvalue weighted by atomic mass is 35.5. The molecule has 1 aromatic carbocycles. The topological polar surface area (TPSA) is 117 Å². The molecule has 2 N–H and O–H groups in total. The second-order valence-electron chi connectivity index (χ2n) is 8.88. The van der Waals surface area contributed by atoms with Gasteiger partial charge in [-0.2, -0.15) is 4.98 Å². The number of nitrogens with one attached hydrogen (secondary N) is 2. The zero-order chi connectivity index (χ0) is 25.2. The fourth-order valence-corrected chi connectivity index (χ4v) is 4.68. The molecule has 34 heavy (non-hydrogen) atoms. The molecule has 3 rings (SSSR count). The Kier molecular flexibility index (Phi) is 7.72. The van der Waals surface area contributed by atoms with E-state index in [-0.39, 0.29) is 29.3 Å². The molecular formula is C23H30ClN5O4S. The number of H-pyrrole nitrogens is 1. The third-order valence-corrected chi connectivity index (χ3v) is 6.36. The minimum atomic E-state index is -3.52. The summed E-state index contributed by atoms with van der Waals surface area (Å²) in [5.74, 6) is 1.08. The molecule has 0 aliphatic carbocycles. The lowest BCUT2D eigenvalue weighted by atomic mass is 10.1. The zero-order valence-electron chi connectivity index (χ0n) is 20.1. The number of rotatable bonds is 9. The van der Waals surface area contributed by atoms with E-state index in [0.29, 0.717) is 28.4 Å². The zero-order valence-corrected chi connectivity index (χ0v) is 21.7. The highest BCUT2D eigenvalue weighted by Gasteiger charge is 2.21. The monoisotopic (exact) mass is 507 g/mol. The highest BCUT2D eigenvalue weighted by molar-refractivity contribution is 7.92. The highest BCUT2D eigenvalue weighted by Crippen LogP contribution is 2.30. The number of nitrogens with zero attached hydrogens (tertiary/aromatic N) is 3. The van der Waals surface area contributed by atoms with Crippen LogP contribution in [0.1, 0.15) is 46.2 Å². The van der Waals surface area contributed by atoms with Gasteiger partial charge in [-0.25, -0.2) is 13.4 Å². The van der Waals surface area contributed by atoms with Crippen LogP contribution in [0.4, 0.5) is 11.8 Å². The van der Waals surface area contributed by atoms with Crippen LogP contribution in [0.3, 0.4) is 0 Å². The molecule has 0 radical (unpaired) electrons. The number of pyridine rings is 1. The van der Waals surface area contributed by atoms with Crippen molar-refractivity contribution in [2.45, 2.75) is 46.8 Å².